The average Bonchev–Trinajstić information content (AvgIpc) is 4.03. The molecule has 0 bridgehead atoms. The van der Waals surface area contributed by atoms with Crippen molar-refractivity contribution in [2.75, 3.05) is 0 Å². The Hall–Kier alpha value is -7.25. The predicted molar refractivity (Wildman–Crippen MR) is 250 cm³/mol. The van der Waals surface area contributed by atoms with E-state index in [1.165, 1.54) is 89.0 Å². The van der Waals surface area contributed by atoms with Crippen molar-refractivity contribution in [2.24, 2.45) is 0 Å². The van der Waals surface area contributed by atoms with Crippen LogP contribution in [0.2, 0.25) is 0 Å². The zero-order valence-corrected chi connectivity index (χ0v) is 36.3. The third kappa shape index (κ3) is 5.10. The van der Waals surface area contributed by atoms with Gasteiger partial charge in [-0.1, -0.05) is 203 Å². The van der Waals surface area contributed by atoms with Crippen molar-refractivity contribution >= 4 is 0 Å². The third-order valence-corrected chi connectivity index (χ3v) is 13.7. The predicted octanol–water partition coefficient (Wildman–Crippen LogP) is 13.8. The van der Waals surface area contributed by atoms with Crippen molar-refractivity contribution in [3.05, 3.63) is 275 Å². The largest absolute Gasteiger partial charge is 2.00 e. The monoisotopic (exact) mass is 979 g/mol. The Morgan fingerprint density at radius 1 is 0.302 bits per heavy atom. The summed E-state index contributed by atoms with van der Waals surface area (Å²) in [6.45, 7) is 0. The maximum Gasteiger partial charge on any atom is 2.00 e. The summed E-state index contributed by atoms with van der Waals surface area (Å²) in [6, 6.07) is 81.3. The molecule has 0 saturated heterocycles. The molecule has 0 fully saturated rings. The summed E-state index contributed by atoms with van der Waals surface area (Å²) in [4.78, 5) is 9.67. The minimum absolute atomic E-state index is 0. The van der Waals surface area contributed by atoms with Crippen LogP contribution in [0.1, 0.15) is 44.5 Å². The van der Waals surface area contributed by atoms with Crippen molar-refractivity contribution in [1.82, 2.24) is 9.97 Å². The molecule has 10 aromatic rings. The summed E-state index contributed by atoms with van der Waals surface area (Å²) in [5.41, 5.74) is 24.1. The molecule has 8 aromatic carbocycles. The number of hydrogen-bond acceptors (Lipinski definition) is 2. The summed E-state index contributed by atoms with van der Waals surface area (Å²) in [6.07, 6.45) is 3.79. The van der Waals surface area contributed by atoms with E-state index in [1.54, 1.807) is 0 Å². The molecule has 296 valence electrons. The fourth-order valence-electron chi connectivity index (χ4n) is 11.3. The average molecular weight is 980 g/mol. The van der Waals surface area contributed by atoms with Crippen molar-refractivity contribution in [1.29, 1.82) is 0 Å². The first-order valence-electron chi connectivity index (χ1n) is 21.3. The van der Waals surface area contributed by atoms with Gasteiger partial charge in [0.15, 0.2) is 0 Å². The van der Waals surface area contributed by atoms with Crippen molar-refractivity contribution in [3.8, 4) is 67.0 Å². The molecular weight excluding hydrogens is 944 g/mol. The second-order valence-electron chi connectivity index (χ2n) is 16.6. The number of benzene rings is 8. The molecule has 0 unspecified atom stereocenters. The van der Waals surface area contributed by atoms with Gasteiger partial charge in [0.25, 0.3) is 0 Å². The van der Waals surface area contributed by atoms with Gasteiger partial charge in [0.05, 0.1) is 0 Å². The number of pyridine rings is 2. The van der Waals surface area contributed by atoms with Crippen molar-refractivity contribution in [2.45, 2.75) is 10.8 Å². The molecule has 3 heteroatoms. The molecule has 0 atom stereocenters. The van der Waals surface area contributed by atoms with Crippen molar-refractivity contribution < 1.29 is 21.1 Å². The van der Waals surface area contributed by atoms with E-state index in [0.29, 0.717) is 0 Å². The fraction of sp³-hybridized carbons (Fsp3) is 0.0333. The van der Waals surface area contributed by atoms with E-state index in [9.17, 15) is 0 Å². The maximum absolute atomic E-state index is 4.84. The molecule has 63 heavy (non-hydrogen) atoms. The molecule has 0 aliphatic heterocycles. The standard InChI is InChI=1S/2C30H18N.Pt/c2*1-2-9-20(10-3-1)21-16-17-24-28(19-21)30(27-15-8-18-31-29(24)27)25-13-6-4-11-22(25)23-12-5-7-14-26(23)30;/h2*1-16,18-19H;/q2*-1;+2. The van der Waals surface area contributed by atoms with Crippen LogP contribution in [0.4, 0.5) is 0 Å². The summed E-state index contributed by atoms with van der Waals surface area (Å²) < 4.78 is 0. The zero-order valence-electron chi connectivity index (χ0n) is 34.0. The van der Waals surface area contributed by atoms with Gasteiger partial charge in [-0.25, -0.2) is 0 Å². The second kappa shape index (κ2) is 14.4. The minimum atomic E-state index is -0.354. The zero-order chi connectivity index (χ0) is 40.8. The van der Waals surface area contributed by atoms with E-state index in [4.69, 9.17) is 9.97 Å². The summed E-state index contributed by atoms with van der Waals surface area (Å²) in [7, 11) is 0. The Morgan fingerprint density at radius 3 is 0.984 bits per heavy atom. The normalized spacial score (nSPS) is 13.8. The number of nitrogens with zero attached hydrogens (tertiary/aromatic N) is 2. The quantitative estimate of drug-likeness (QED) is 0.161. The molecule has 0 amide bonds. The van der Waals surface area contributed by atoms with Crippen LogP contribution in [-0.2, 0) is 31.9 Å². The van der Waals surface area contributed by atoms with Gasteiger partial charge in [0.1, 0.15) is 0 Å². The first kappa shape index (κ1) is 37.5. The Bertz CT molecular complexity index is 3070. The number of rotatable bonds is 2. The molecule has 4 aliphatic rings. The summed E-state index contributed by atoms with van der Waals surface area (Å²) in [5, 5.41) is 0. The van der Waals surface area contributed by atoms with E-state index >= 15 is 0 Å². The van der Waals surface area contributed by atoms with Crippen molar-refractivity contribution in [3.63, 3.8) is 0 Å². The molecule has 0 saturated carbocycles. The van der Waals surface area contributed by atoms with Crippen LogP contribution < -0.4 is 0 Å². The van der Waals surface area contributed by atoms with E-state index in [1.807, 2.05) is 12.4 Å². The van der Waals surface area contributed by atoms with Crippen LogP contribution in [0, 0.1) is 12.1 Å². The number of hydrogen-bond donors (Lipinski definition) is 0. The van der Waals surface area contributed by atoms with Gasteiger partial charge in [-0.15, -0.1) is 58.7 Å². The first-order chi connectivity index (χ1) is 30.8. The van der Waals surface area contributed by atoms with Gasteiger partial charge >= 0.3 is 21.1 Å². The van der Waals surface area contributed by atoms with E-state index in [2.05, 4.69) is 218 Å². The van der Waals surface area contributed by atoms with Gasteiger partial charge in [0, 0.05) is 23.2 Å². The van der Waals surface area contributed by atoms with E-state index < -0.39 is 0 Å². The van der Waals surface area contributed by atoms with E-state index in [0.717, 1.165) is 22.5 Å². The Morgan fingerprint density at radius 2 is 0.619 bits per heavy atom. The second-order valence-corrected chi connectivity index (χ2v) is 16.6. The summed E-state index contributed by atoms with van der Waals surface area (Å²) in [5.74, 6) is 0. The molecule has 2 spiro atoms. The van der Waals surface area contributed by atoms with Crippen LogP contribution >= 0.6 is 0 Å². The Kier molecular flexibility index (Phi) is 8.58. The SMILES string of the molecule is [Pt+2].[c-]1cc(-c2ccccc2)cc2c1-c1ncccc1C21c2ccccc2-c2ccccc21.[c-]1cc(-c2ccccc2)cc2c1-c1ncccc1C21c2ccccc2-c2ccccc21. The van der Waals surface area contributed by atoms with Crippen LogP contribution in [0.3, 0.4) is 0 Å². The van der Waals surface area contributed by atoms with Gasteiger partial charge in [0.2, 0.25) is 0 Å². The Balaban J connectivity index is 0.000000132. The van der Waals surface area contributed by atoms with Crippen LogP contribution in [0.25, 0.3) is 67.0 Å². The number of aromatic nitrogens is 2. The first-order valence-corrected chi connectivity index (χ1v) is 21.3. The van der Waals surface area contributed by atoms with Gasteiger partial charge < -0.3 is 9.97 Å². The Labute approximate surface area is 381 Å². The van der Waals surface area contributed by atoms with E-state index in [-0.39, 0.29) is 31.9 Å². The molecule has 14 rings (SSSR count). The maximum atomic E-state index is 4.84. The molecule has 0 radical (unpaired) electrons. The fourth-order valence-corrected chi connectivity index (χ4v) is 11.3. The van der Waals surface area contributed by atoms with Crippen LogP contribution in [0.5, 0.6) is 0 Å². The molecule has 4 aliphatic carbocycles. The molecular formula is C60H36N2Pt. The minimum Gasteiger partial charge on any atom is -0.304 e. The van der Waals surface area contributed by atoms with Crippen LogP contribution in [0.15, 0.2) is 219 Å². The van der Waals surface area contributed by atoms with Gasteiger partial charge in [-0.05, 0) is 68.0 Å². The smallest absolute Gasteiger partial charge is 0.304 e. The van der Waals surface area contributed by atoms with Crippen LogP contribution in [-0.4, -0.2) is 9.97 Å². The molecule has 0 N–H and O–H groups in total. The molecule has 2 nitrogen and oxygen atoms in total. The van der Waals surface area contributed by atoms with Gasteiger partial charge in [-0.2, -0.15) is 0 Å². The summed E-state index contributed by atoms with van der Waals surface area (Å²) >= 11 is 0. The molecule has 2 aromatic heterocycles. The molecule has 2 heterocycles. The topological polar surface area (TPSA) is 25.8 Å². The number of fused-ring (bicyclic) bond motifs is 20. The third-order valence-electron chi connectivity index (χ3n) is 13.7. The van der Waals surface area contributed by atoms with Gasteiger partial charge in [-0.3, -0.25) is 0 Å².